The van der Waals surface area contributed by atoms with Crippen LogP contribution in [0.3, 0.4) is 0 Å². The molecule has 0 aliphatic carbocycles. The summed E-state index contributed by atoms with van der Waals surface area (Å²) in [6.07, 6.45) is 4.16. The molecule has 1 aliphatic heterocycles. The average molecular weight is 331 g/mol. The van der Waals surface area contributed by atoms with Crippen LogP contribution in [0, 0.1) is 0 Å². The Morgan fingerprint density at radius 2 is 2.06 bits per heavy atom. The van der Waals surface area contributed by atoms with Gasteiger partial charge < -0.3 is 10.2 Å². The fraction of sp³-hybridized carbons (Fsp3) is 0.714. The van der Waals surface area contributed by atoms with Gasteiger partial charge in [-0.3, -0.25) is 0 Å². The molecule has 1 N–H and O–H groups in total. The molecule has 18 heavy (non-hydrogen) atoms. The number of nitrogens with one attached hydrogen (secondary N) is 1. The lowest BCUT2D eigenvalue weighted by Gasteiger charge is -2.30. The lowest BCUT2D eigenvalue weighted by molar-refractivity contribution is 0.205. The summed E-state index contributed by atoms with van der Waals surface area (Å²) in [7, 11) is 0. The first kappa shape index (κ1) is 14.5. The van der Waals surface area contributed by atoms with Crippen LogP contribution in [0.2, 0.25) is 0 Å². The standard InChI is InChI=1S/C14H23BrN2S/c1-11(9-17-6-4-3-5-7-17)16-12(2)14-8-13(15)10-18-14/h8,10-12,16H,3-7,9H2,1-2H3. The molecule has 0 spiro atoms. The Bertz CT molecular complexity index is 360. The Hall–Kier alpha value is 0.1000. The van der Waals surface area contributed by atoms with Crippen LogP contribution in [0.4, 0.5) is 0 Å². The van der Waals surface area contributed by atoms with Crippen LogP contribution >= 0.6 is 27.3 Å². The van der Waals surface area contributed by atoms with Crippen LogP contribution in [0.25, 0.3) is 0 Å². The first-order chi connectivity index (χ1) is 8.65. The summed E-state index contributed by atoms with van der Waals surface area (Å²) in [5.41, 5.74) is 0. The van der Waals surface area contributed by atoms with Crippen molar-refractivity contribution < 1.29 is 0 Å². The molecule has 0 aromatic carbocycles. The zero-order chi connectivity index (χ0) is 13.0. The third-order valence-electron chi connectivity index (χ3n) is 3.53. The van der Waals surface area contributed by atoms with E-state index in [1.807, 2.05) is 11.3 Å². The molecular formula is C14H23BrN2S. The van der Waals surface area contributed by atoms with E-state index >= 15 is 0 Å². The van der Waals surface area contributed by atoms with E-state index in [9.17, 15) is 0 Å². The number of thiophene rings is 1. The number of piperidine rings is 1. The van der Waals surface area contributed by atoms with Gasteiger partial charge in [-0.05, 0) is 61.8 Å². The van der Waals surface area contributed by atoms with Crippen molar-refractivity contribution in [2.45, 2.75) is 45.2 Å². The van der Waals surface area contributed by atoms with E-state index in [4.69, 9.17) is 0 Å². The Morgan fingerprint density at radius 3 is 2.67 bits per heavy atom. The van der Waals surface area contributed by atoms with Crippen LogP contribution in [-0.2, 0) is 0 Å². The second kappa shape index (κ2) is 7.04. The van der Waals surface area contributed by atoms with E-state index in [0.29, 0.717) is 12.1 Å². The number of likely N-dealkylation sites (tertiary alicyclic amines) is 1. The van der Waals surface area contributed by atoms with Gasteiger partial charge in [-0.2, -0.15) is 0 Å². The van der Waals surface area contributed by atoms with Gasteiger partial charge in [-0.1, -0.05) is 6.42 Å². The van der Waals surface area contributed by atoms with Crippen molar-refractivity contribution in [2.24, 2.45) is 0 Å². The van der Waals surface area contributed by atoms with Crippen LogP contribution in [0.1, 0.15) is 44.0 Å². The highest BCUT2D eigenvalue weighted by Crippen LogP contribution is 2.25. The van der Waals surface area contributed by atoms with Crippen LogP contribution in [0.15, 0.2) is 15.9 Å². The monoisotopic (exact) mass is 330 g/mol. The van der Waals surface area contributed by atoms with E-state index in [2.05, 4.69) is 51.4 Å². The van der Waals surface area contributed by atoms with Crippen LogP contribution in [-0.4, -0.2) is 30.6 Å². The molecule has 2 rings (SSSR count). The van der Waals surface area contributed by atoms with Crippen molar-refractivity contribution in [3.63, 3.8) is 0 Å². The summed E-state index contributed by atoms with van der Waals surface area (Å²) in [6.45, 7) is 8.30. The molecule has 1 saturated heterocycles. The van der Waals surface area contributed by atoms with Crippen LogP contribution in [0.5, 0.6) is 0 Å². The maximum absolute atomic E-state index is 3.70. The maximum Gasteiger partial charge on any atom is 0.0389 e. The van der Waals surface area contributed by atoms with E-state index < -0.39 is 0 Å². The number of hydrogen-bond acceptors (Lipinski definition) is 3. The largest absolute Gasteiger partial charge is 0.306 e. The summed E-state index contributed by atoms with van der Waals surface area (Å²) >= 11 is 5.34. The molecule has 2 unspecified atom stereocenters. The molecule has 1 aromatic rings. The van der Waals surface area contributed by atoms with E-state index in [0.717, 1.165) is 0 Å². The molecule has 4 heteroatoms. The lowest BCUT2D eigenvalue weighted by Crippen LogP contribution is -2.42. The topological polar surface area (TPSA) is 15.3 Å². The Balaban J connectivity index is 1.77. The Labute approximate surface area is 123 Å². The average Bonchev–Trinajstić information content (AvgIpc) is 2.77. The van der Waals surface area contributed by atoms with Crippen molar-refractivity contribution in [3.05, 3.63) is 20.8 Å². The SMILES string of the molecule is CC(CN1CCCCC1)NC(C)c1cc(Br)cs1. The molecule has 0 amide bonds. The first-order valence-electron chi connectivity index (χ1n) is 6.87. The fourth-order valence-corrected chi connectivity index (χ4v) is 4.11. The molecule has 2 nitrogen and oxygen atoms in total. The Kier molecular flexibility index (Phi) is 5.67. The summed E-state index contributed by atoms with van der Waals surface area (Å²) in [6, 6.07) is 3.22. The molecule has 2 heterocycles. The molecule has 2 atom stereocenters. The van der Waals surface area contributed by atoms with Crippen LogP contribution < -0.4 is 5.32 Å². The fourth-order valence-electron chi connectivity index (χ4n) is 2.65. The predicted octanol–water partition coefficient (Wildman–Crippen LogP) is 4.04. The van der Waals surface area contributed by atoms with Crippen molar-refractivity contribution in [1.82, 2.24) is 10.2 Å². The normalized spacial score (nSPS) is 20.8. The number of rotatable bonds is 5. The van der Waals surface area contributed by atoms with Gasteiger partial charge in [0.05, 0.1) is 0 Å². The van der Waals surface area contributed by atoms with E-state index in [1.165, 1.54) is 48.2 Å². The quantitative estimate of drug-likeness (QED) is 0.876. The molecule has 0 saturated carbocycles. The lowest BCUT2D eigenvalue weighted by atomic mass is 10.1. The summed E-state index contributed by atoms with van der Waals surface area (Å²) in [5, 5.41) is 5.86. The van der Waals surface area contributed by atoms with Gasteiger partial charge in [-0.15, -0.1) is 11.3 Å². The number of nitrogens with zero attached hydrogens (tertiary/aromatic N) is 1. The van der Waals surface area contributed by atoms with Gasteiger partial charge in [0.2, 0.25) is 0 Å². The van der Waals surface area contributed by atoms with Gasteiger partial charge in [-0.25, -0.2) is 0 Å². The molecule has 1 aromatic heterocycles. The van der Waals surface area contributed by atoms with Gasteiger partial charge in [0.25, 0.3) is 0 Å². The zero-order valence-corrected chi connectivity index (χ0v) is 13.7. The van der Waals surface area contributed by atoms with Gasteiger partial charge >= 0.3 is 0 Å². The van der Waals surface area contributed by atoms with E-state index in [1.54, 1.807) is 0 Å². The third-order valence-corrected chi connectivity index (χ3v) is 5.41. The van der Waals surface area contributed by atoms with Crippen molar-refractivity contribution in [1.29, 1.82) is 0 Å². The Morgan fingerprint density at radius 1 is 1.33 bits per heavy atom. The van der Waals surface area contributed by atoms with Crippen molar-refractivity contribution in [2.75, 3.05) is 19.6 Å². The maximum atomic E-state index is 3.70. The molecule has 1 aliphatic rings. The highest BCUT2D eigenvalue weighted by molar-refractivity contribution is 9.10. The minimum Gasteiger partial charge on any atom is -0.306 e. The molecule has 102 valence electrons. The predicted molar refractivity (Wildman–Crippen MR) is 83.3 cm³/mol. The molecule has 0 bridgehead atoms. The van der Waals surface area contributed by atoms with Crippen molar-refractivity contribution >= 4 is 27.3 Å². The molecular weight excluding hydrogens is 308 g/mol. The zero-order valence-electron chi connectivity index (χ0n) is 11.3. The smallest absolute Gasteiger partial charge is 0.0389 e. The highest BCUT2D eigenvalue weighted by atomic mass is 79.9. The van der Waals surface area contributed by atoms with Crippen molar-refractivity contribution in [3.8, 4) is 0 Å². The number of halogens is 1. The van der Waals surface area contributed by atoms with Gasteiger partial charge in [0.1, 0.15) is 0 Å². The first-order valence-corrected chi connectivity index (χ1v) is 8.55. The summed E-state index contributed by atoms with van der Waals surface area (Å²) < 4.78 is 1.19. The number of hydrogen-bond donors (Lipinski definition) is 1. The van der Waals surface area contributed by atoms with Gasteiger partial charge in [0, 0.05) is 33.4 Å². The minimum absolute atomic E-state index is 0.445. The minimum atomic E-state index is 0.445. The highest BCUT2D eigenvalue weighted by Gasteiger charge is 2.16. The summed E-state index contributed by atoms with van der Waals surface area (Å²) in [5.74, 6) is 0. The second-order valence-corrected chi connectivity index (χ2v) is 7.18. The molecule has 1 fully saturated rings. The van der Waals surface area contributed by atoms with E-state index in [-0.39, 0.29) is 0 Å². The van der Waals surface area contributed by atoms with Gasteiger partial charge in [0.15, 0.2) is 0 Å². The third kappa shape index (κ3) is 4.34. The summed E-state index contributed by atoms with van der Waals surface area (Å²) in [4.78, 5) is 4.01. The molecule has 0 radical (unpaired) electrons. The second-order valence-electron chi connectivity index (χ2n) is 5.32.